The third-order valence-corrected chi connectivity index (χ3v) is 14.9. The first kappa shape index (κ1) is 33.1. The zero-order valence-corrected chi connectivity index (χ0v) is 29.1. The summed E-state index contributed by atoms with van der Waals surface area (Å²) in [6.45, 7) is 15.9. The molecule has 2 aliphatic carbocycles. The van der Waals surface area contributed by atoms with Crippen molar-refractivity contribution in [2.24, 2.45) is 52.3 Å². The molecule has 0 aromatic heterocycles. The molecule has 6 bridgehead atoms. The molecule has 2 spiro atoms. The first-order valence-electron chi connectivity index (χ1n) is 16.9. The van der Waals surface area contributed by atoms with Gasteiger partial charge >= 0.3 is 17.9 Å². The van der Waals surface area contributed by atoms with Gasteiger partial charge in [0.05, 0.1) is 53.4 Å². The minimum absolute atomic E-state index is 0.00868. The van der Waals surface area contributed by atoms with Gasteiger partial charge in [-0.2, -0.15) is 0 Å². The van der Waals surface area contributed by atoms with E-state index in [1.807, 2.05) is 48.5 Å². The zero-order valence-electron chi connectivity index (χ0n) is 29.1. The number of ketones is 2. The molecule has 5 heterocycles. The molecule has 0 amide bonds. The molecule has 7 fully saturated rings. The summed E-state index contributed by atoms with van der Waals surface area (Å²) in [6, 6.07) is 0. The highest BCUT2D eigenvalue weighted by Gasteiger charge is 2.88. The number of fused-ring (bicyclic) bond motifs is 4. The van der Waals surface area contributed by atoms with E-state index in [0.29, 0.717) is 12.8 Å². The van der Waals surface area contributed by atoms with Crippen LogP contribution >= 0.6 is 0 Å². The standard InChI is InChI=1S/C35H48O12/c1-16-25(38)31(8)20(14-43-28(40)33-12-11-30(7,27(39)45-33)29(33,5)6)22-24(37)23-21(13-42-19(4)36)32(9)26(44-15-41-10)17(2)35(23,47-32)18(3)34(16,22)46-31/h16-18,20-23,26H,11-15H2,1-10H3/t16-,17+,18+,20-,21+,22+,23-,26-,30+,31+,32+,33-,34-,35+/m1/s1. The van der Waals surface area contributed by atoms with E-state index in [0.717, 1.165) is 0 Å². The number of hydrogen-bond donors (Lipinski definition) is 0. The molecule has 0 aromatic rings. The topological polar surface area (TPSA) is 150 Å². The van der Waals surface area contributed by atoms with E-state index < -0.39 is 98.4 Å². The fourth-order valence-electron chi connectivity index (χ4n) is 11.9. The van der Waals surface area contributed by atoms with Gasteiger partial charge in [-0.05, 0) is 33.6 Å². The lowest BCUT2D eigenvalue weighted by Crippen LogP contribution is -2.72. The summed E-state index contributed by atoms with van der Waals surface area (Å²) in [6.07, 6.45) is 0.338. The molecule has 12 nitrogen and oxygen atoms in total. The molecule has 5 aliphatic heterocycles. The average Bonchev–Trinajstić information content (AvgIpc) is 3.68. The summed E-state index contributed by atoms with van der Waals surface area (Å²) in [5.74, 6) is -6.13. The Morgan fingerprint density at radius 2 is 1.51 bits per heavy atom. The van der Waals surface area contributed by atoms with Crippen molar-refractivity contribution in [3.63, 3.8) is 0 Å². The van der Waals surface area contributed by atoms with Crippen LogP contribution in [0.5, 0.6) is 0 Å². The Hall–Kier alpha value is -2.41. The lowest BCUT2D eigenvalue weighted by Gasteiger charge is -2.58. The third-order valence-electron chi connectivity index (χ3n) is 14.9. The molecule has 5 saturated heterocycles. The Balaban J connectivity index is 1.27. The quantitative estimate of drug-likeness (QED) is 0.214. The summed E-state index contributed by atoms with van der Waals surface area (Å²) in [4.78, 5) is 68.2. The Morgan fingerprint density at radius 3 is 2.09 bits per heavy atom. The molecule has 0 aromatic carbocycles. The van der Waals surface area contributed by atoms with Crippen molar-refractivity contribution in [3.8, 4) is 0 Å². The SMILES string of the molecule is COCO[C@@H]1[C@H](C)[C@@]23O[C@@]1(C)[C@@H](COC(C)=O)[C@@H]2C(=O)[C@@H]1[C@@H](COC(=O)[C@@]24CC[C@@](C)(C(=O)O2)C4(C)C)[C@]2(C)O[C@@]1([C@@H]3C)[C@H](C)C2=O. The van der Waals surface area contributed by atoms with Crippen molar-refractivity contribution in [2.45, 2.75) is 109 Å². The first-order valence-corrected chi connectivity index (χ1v) is 16.9. The lowest BCUT2D eigenvalue weighted by molar-refractivity contribution is -0.211. The summed E-state index contributed by atoms with van der Waals surface area (Å²) >= 11 is 0. The van der Waals surface area contributed by atoms with Gasteiger partial charge in [0, 0.05) is 49.0 Å². The fourth-order valence-corrected chi connectivity index (χ4v) is 11.9. The second-order valence-electron chi connectivity index (χ2n) is 16.4. The monoisotopic (exact) mass is 660 g/mol. The van der Waals surface area contributed by atoms with Crippen LogP contribution in [0.3, 0.4) is 0 Å². The van der Waals surface area contributed by atoms with Crippen LogP contribution in [0.15, 0.2) is 0 Å². The molecule has 0 radical (unpaired) electrons. The summed E-state index contributed by atoms with van der Waals surface area (Å²) in [5, 5.41) is 0. The zero-order chi connectivity index (χ0) is 34.5. The fraction of sp³-hybridized carbons (Fsp3) is 0.857. The summed E-state index contributed by atoms with van der Waals surface area (Å²) < 4.78 is 42.7. The molecule has 260 valence electrons. The lowest BCUT2D eigenvalue weighted by atomic mass is 9.43. The predicted molar refractivity (Wildman–Crippen MR) is 160 cm³/mol. The van der Waals surface area contributed by atoms with Crippen LogP contribution in [0.1, 0.15) is 75.2 Å². The van der Waals surface area contributed by atoms with E-state index in [1.165, 1.54) is 14.0 Å². The van der Waals surface area contributed by atoms with Crippen LogP contribution in [0.4, 0.5) is 0 Å². The Morgan fingerprint density at radius 1 is 0.872 bits per heavy atom. The van der Waals surface area contributed by atoms with Gasteiger partial charge in [-0.15, -0.1) is 0 Å². The number of carbonyl (C=O) groups excluding carboxylic acids is 5. The van der Waals surface area contributed by atoms with Gasteiger partial charge in [0.25, 0.3) is 0 Å². The van der Waals surface area contributed by atoms with Gasteiger partial charge in [-0.3, -0.25) is 19.2 Å². The molecule has 12 heteroatoms. The second kappa shape index (κ2) is 9.63. The van der Waals surface area contributed by atoms with E-state index in [4.69, 9.17) is 33.2 Å². The largest absolute Gasteiger partial charge is 0.465 e. The van der Waals surface area contributed by atoms with Crippen molar-refractivity contribution in [1.29, 1.82) is 0 Å². The van der Waals surface area contributed by atoms with Crippen LogP contribution < -0.4 is 0 Å². The maximum atomic E-state index is 15.2. The highest BCUT2D eigenvalue weighted by atomic mass is 16.7. The normalized spacial score (nSPS) is 52.9. The molecular formula is C35H48O12. The van der Waals surface area contributed by atoms with Gasteiger partial charge in [0.1, 0.15) is 18.2 Å². The first-order chi connectivity index (χ1) is 21.8. The Bertz CT molecular complexity index is 1470. The number of methoxy groups -OCH3 is 1. The number of rotatable bonds is 8. The number of Topliss-reactive ketones (excluding diaryl/α,β-unsaturated/α-hetero) is 2. The minimum Gasteiger partial charge on any atom is -0.465 e. The number of hydrogen-bond acceptors (Lipinski definition) is 12. The smallest absolute Gasteiger partial charge is 0.351 e. The van der Waals surface area contributed by atoms with Crippen molar-refractivity contribution in [3.05, 3.63) is 0 Å². The molecule has 7 aliphatic rings. The predicted octanol–water partition coefficient (Wildman–Crippen LogP) is 2.81. The Labute approximate surface area is 275 Å². The molecule has 0 unspecified atom stereocenters. The van der Waals surface area contributed by atoms with Gasteiger partial charge < -0.3 is 33.2 Å². The van der Waals surface area contributed by atoms with Crippen LogP contribution in [-0.2, 0) is 57.1 Å². The molecular weight excluding hydrogens is 612 g/mol. The second-order valence-corrected chi connectivity index (χ2v) is 16.4. The van der Waals surface area contributed by atoms with Crippen LogP contribution in [0.25, 0.3) is 0 Å². The van der Waals surface area contributed by atoms with Crippen molar-refractivity contribution < 1.29 is 57.1 Å². The van der Waals surface area contributed by atoms with Crippen molar-refractivity contribution in [2.75, 3.05) is 27.1 Å². The third kappa shape index (κ3) is 3.37. The highest BCUT2D eigenvalue weighted by molar-refractivity contribution is 6.00. The molecule has 2 saturated carbocycles. The Kier molecular flexibility index (Phi) is 6.79. The van der Waals surface area contributed by atoms with E-state index in [-0.39, 0.29) is 37.5 Å². The van der Waals surface area contributed by atoms with E-state index in [9.17, 15) is 19.2 Å². The van der Waals surface area contributed by atoms with Gasteiger partial charge in [-0.1, -0.05) is 34.6 Å². The van der Waals surface area contributed by atoms with Gasteiger partial charge in [0.2, 0.25) is 5.60 Å². The van der Waals surface area contributed by atoms with Crippen molar-refractivity contribution >= 4 is 29.5 Å². The molecule has 14 atom stereocenters. The van der Waals surface area contributed by atoms with Crippen LogP contribution in [0.2, 0.25) is 0 Å². The number of ether oxygens (including phenoxy) is 7. The van der Waals surface area contributed by atoms with E-state index in [1.54, 1.807) is 6.92 Å². The number of carbonyl (C=O) groups is 5. The van der Waals surface area contributed by atoms with Crippen molar-refractivity contribution in [1.82, 2.24) is 0 Å². The van der Waals surface area contributed by atoms with Crippen LogP contribution in [-0.4, -0.2) is 90.7 Å². The summed E-state index contributed by atoms with van der Waals surface area (Å²) in [5.41, 5.74) is -7.82. The maximum absolute atomic E-state index is 15.2. The van der Waals surface area contributed by atoms with Gasteiger partial charge in [-0.25, -0.2) is 4.79 Å². The number of esters is 3. The highest BCUT2D eigenvalue weighted by Crippen LogP contribution is 2.75. The summed E-state index contributed by atoms with van der Waals surface area (Å²) in [7, 11) is 1.53. The maximum Gasteiger partial charge on any atom is 0.351 e. The van der Waals surface area contributed by atoms with E-state index in [2.05, 4.69) is 0 Å². The van der Waals surface area contributed by atoms with E-state index >= 15 is 4.79 Å². The average molecular weight is 661 g/mol. The molecule has 0 N–H and O–H groups in total. The van der Waals surface area contributed by atoms with Crippen LogP contribution in [0, 0.1) is 52.3 Å². The molecule has 47 heavy (non-hydrogen) atoms. The van der Waals surface area contributed by atoms with Gasteiger partial charge in [0.15, 0.2) is 5.78 Å². The molecule has 7 rings (SSSR count). The minimum atomic E-state index is -1.45.